The third-order valence-electron chi connectivity index (χ3n) is 3.07. The van der Waals surface area contributed by atoms with E-state index in [-0.39, 0.29) is 17.5 Å². The highest BCUT2D eigenvalue weighted by molar-refractivity contribution is 6.32. The lowest BCUT2D eigenvalue weighted by Crippen LogP contribution is -2.15. The smallest absolute Gasteiger partial charge is 0.133 e. The summed E-state index contributed by atoms with van der Waals surface area (Å²) in [7, 11) is 0. The molecule has 3 heteroatoms. The van der Waals surface area contributed by atoms with E-state index in [9.17, 15) is 9.18 Å². The molecule has 0 saturated heterocycles. The fraction of sp³-hybridized carbons (Fsp3) is 0.357. The molecular formula is C14H14ClFO. The number of halogens is 2. The third-order valence-corrected chi connectivity index (χ3v) is 3.42. The fourth-order valence-electron chi connectivity index (χ4n) is 2.12. The molecule has 0 amide bonds. The summed E-state index contributed by atoms with van der Waals surface area (Å²) < 4.78 is 14.0. The van der Waals surface area contributed by atoms with Crippen LogP contribution >= 0.6 is 11.6 Å². The van der Waals surface area contributed by atoms with Crippen LogP contribution in [0.25, 0.3) is 6.08 Å². The number of hydrogen-bond acceptors (Lipinski definition) is 1. The number of Topliss-reactive ketones (excluding diaryl/α,β-unsaturated/α-hetero) is 1. The van der Waals surface area contributed by atoms with Crippen molar-refractivity contribution in [2.45, 2.75) is 25.7 Å². The second-order valence-electron chi connectivity index (χ2n) is 4.38. The highest BCUT2D eigenvalue weighted by atomic mass is 35.5. The molecule has 0 heterocycles. The van der Waals surface area contributed by atoms with E-state index in [0.717, 1.165) is 12.8 Å². The SMILES string of the molecule is O=C1CCC[C@@H](/C(F)=C/c2ccccc2Cl)C1. The van der Waals surface area contributed by atoms with Crippen LogP contribution in [0.5, 0.6) is 0 Å². The highest BCUT2D eigenvalue weighted by Gasteiger charge is 2.23. The van der Waals surface area contributed by atoms with Gasteiger partial charge in [0.1, 0.15) is 11.6 Å². The Morgan fingerprint density at radius 2 is 2.18 bits per heavy atom. The van der Waals surface area contributed by atoms with E-state index in [1.165, 1.54) is 6.08 Å². The molecular weight excluding hydrogens is 239 g/mol. The fourth-order valence-corrected chi connectivity index (χ4v) is 2.31. The van der Waals surface area contributed by atoms with Gasteiger partial charge in [0.2, 0.25) is 0 Å². The van der Waals surface area contributed by atoms with E-state index in [1.54, 1.807) is 12.1 Å². The van der Waals surface area contributed by atoms with Gasteiger partial charge in [-0.1, -0.05) is 29.8 Å². The summed E-state index contributed by atoms with van der Waals surface area (Å²) in [5, 5.41) is 0.532. The molecule has 0 bridgehead atoms. The summed E-state index contributed by atoms with van der Waals surface area (Å²) in [6.07, 6.45) is 3.90. The lowest BCUT2D eigenvalue weighted by Gasteiger charge is -2.19. The summed E-state index contributed by atoms with van der Waals surface area (Å²) in [6.45, 7) is 0. The van der Waals surface area contributed by atoms with Crippen molar-refractivity contribution < 1.29 is 9.18 Å². The van der Waals surface area contributed by atoms with E-state index in [0.29, 0.717) is 23.4 Å². The predicted octanol–water partition coefficient (Wildman–Crippen LogP) is 4.41. The van der Waals surface area contributed by atoms with Gasteiger partial charge in [0.15, 0.2) is 0 Å². The molecule has 17 heavy (non-hydrogen) atoms. The first kappa shape index (κ1) is 12.3. The molecule has 0 N–H and O–H groups in total. The van der Waals surface area contributed by atoms with Crippen LogP contribution in [0.1, 0.15) is 31.2 Å². The Balaban J connectivity index is 2.16. The number of hydrogen-bond donors (Lipinski definition) is 0. The largest absolute Gasteiger partial charge is 0.300 e. The van der Waals surface area contributed by atoms with Crippen molar-refractivity contribution in [3.05, 3.63) is 40.7 Å². The van der Waals surface area contributed by atoms with Crippen LogP contribution in [0, 0.1) is 5.92 Å². The molecule has 1 aromatic carbocycles. The van der Waals surface area contributed by atoms with Gasteiger partial charge in [-0.2, -0.15) is 0 Å². The second kappa shape index (κ2) is 5.46. The molecule has 0 spiro atoms. The molecule has 1 atom stereocenters. The Hall–Kier alpha value is -1.15. The van der Waals surface area contributed by atoms with Crippen LogP contribution in [0.15, 0.2) is 30.1 Å². The number of ketones is 1. The zero-order valence-corrected chi connectivity index (χ0v) is 10.2. The number of benzene rings is 1. The first-order chi connectivity index (χ1) is 8.16. The van der Waals surface area contributed by atoms with Crippen molar-refractivity contribution in [2.24, 2.45) is 5.92 Å². The zero-order valence-electron chi connectivity index (χ0n) is 9.46. The lowest BCUT2D eigenvalue weighted by atomic mass is 9.87. The van der Waals surface area contributed by atoms with Crippen molar-refractivity contribution in [1.29, 1.82) is 0 Å². The minimum absolute atomic E-state index is 0.156. The first-order valence-electron chi connectivity index (χ1n) is 5.80. The van der Waals surface area contributed by atoms with Gasteiger partial charge in [-0.05, 0) is 30.5 Å². The molecule has 0 aliphatic heterocycles. The molecule has 0 unspecified atom stereocenters. The van der Waals surface area contributed by atoms with Crippen molar-refractivity contribution in [1.82, 2.24) is 0 Å². The number of carbonyl (C=O) groups excluding carboxylic acids is 1. The average Bonchev–Trinajstić information content (AvgIpc) is 2.32. The van der Waals surface area contributed by atoms with Crippen LogP contribution in [0.2, 0.25) is 5.02 Å². The standard InChI is InChI=1S/C14H14ClFO/c15-13-7-2-1-4-10(13)9-14(16)11-5-3-6-12(17)8-11/h1-2,4,7,9,11H,3,5-6,8H2/b14-9-/t11-/m1/s1. The summed E-state index contributed by atoms with van der Waals surface area (Å²) in [4.78, 5) is 11.3. The van der Waals surface area contributed by atoms with Crippen molar-refractivity contribution in [2.75, 3.05) is 0 Å². The van der Waals surface area contributed by atoms with Crippen LogP contribution in [0.4, 0.5) is 4.39 Å². The van der Waals surface area contributed by atoms with E-state index >= 15 is 0 Å². The summed E-state index contributed by atoms with van der Waals surface area (Å²) >= 11 is 5.96. The molecule has 1 fully saturated rings. The zero-order chi connectivity index (χ0) is 12.3. The molecule has 1 nitrogen and oxygen atoms in total. The maximum atomic E-state index is 14.0. The lowest BCUT2D eigenvalue weighted by molar-refractivity contribution is -0.121. The highest BCUT2D eigenvalue weighted by Crippen LogP contribution is 2.31. The Morgan fingerprint density at radius 3 is 2.88 bits per heavy atom. The minimum Gasteiger partial charge on any atom is -0.300 e. The molecule has 1 saturated carbocycles. The van der Waals surface area contributed by atoms with Gasteiger partial charge in [0, 0.05) is 23.8 Å². The third kappa shape index (κ3) is 3.16. The Labute approximate surface area is 105 Å². The van der Waals surface area contributed by atoms with Crippen LogP contribution in [-0.4, -0.2) is 5.78 Å². The quantitative estimate of drug-likeness (QED) is 0.762. The first-order valence-corrected chi connectivity index (χ1v) is 6.18. The second-order valence-corrected chi connectivity index (χ2v) is 4.79. The molecule has 1 aliphatic carbocycles. The monoisotopic (exact) mass is 252 g/mol. The topological polar surface area (TPSA) is 17.1 Å². The van der Waals surface area contributed by atoms with Gasteiger partial charge in [-0.15, -0.1) is 0 Å². The molecule has 90 valence electrons. The molecule has 0 aromatic heterocycles. The van der Waals surface area contributed by atoms with E-state index < -0.39 is 0 Å². The van der Waals surface area contributed by atoms with Gasteiger partial charge in [-0.3, -0.25) is 4.79 Å². The normalized spacial score (nSPS) is 21.6. The summed E-state index contributed by atoms with van der Waals surface area (Å²) in [6, 6.07) is 7.12. The molecule has 2 rings (SSSR count). The predicted molar refractivity (Wildman–Crippen MR) is 67.5 cm³/mol. The Kier molecular flexibility index (Phi) is 3.95. The van der Waals surface area contributed by atoms with Crippen molar-refractivity contribution >= 4 is 23.5 Å². The maximum Gasteiger partial charge on any atom is 0.133 e. The summed E-state index contributed by atoms with van der Waals surface area (Å²) in [5.41, 5.74) is 0.671. The van der Waals surface area contributed by atoms with Crippen LogP contribution in [0.3, 0.4) is 0 Å². The van der Waals surface area contributed by atoms with Gasteiger partial charge < -0.3 is 0 Å². The molecule has 0 radical (unpaired) electrons. The number of rotatable bonds is 2. The Bertz CT molecular complexity index is 453. The van der Waals surface area contributed by atoms with E-state index in [2.05, 4.69) is 0 Å². The van der Waals surface area contributed by atoms with Crippen LogP contribution in [-0.2, 0) is 4.79 Å². The van der Waals surface area contributed by atoms with E-state index in [4.69, 9.17) is 11.6 Å². The van der Waals surface area contributed by atoms with Gasteiger partial charge >= 0.3 is 0 Å². The van der Waals surface area contributed by atoms with Gasteiger partial charge in [0.05, 0.1) is 0 Å². The molecule has 1 aliphatic rings. The van der Waals surface area contributed by atoms with Crippen LogP contribution < -0.4 is 0 Å². The maximum absolute atomic E-state index is 14.0. The number of carbonyl (C=O) groups is 1. The van der Waals surface area contributed by atoms with Crippen molar-refractivity contribution in [3.63, 3.8) is 0 Å². The van der Waals surface area contributed by atoms with E-state index in [1.807, 2.05) is 12.1 Å². The van der Waals surface area contributed by atoms with Crippen molar-refractivity contribution in [3.8, 4) is 0 Å². The van der Waals surface area contributed by atoms with Gasteiger partial charge in [-0.25, -0.2) is 4.39 Å². The Morgan fingerprint density at radius 1 is 1.41 bits per heavy atom. The number of allylic oxidation sites excluding steroid dienone is 1. The molecule has 1 aromatic rings. The average molecular weight is 253 g/mol. The minimum atomic E-state index is -0.257. The van der Waals surface area contributed by atoms with Gasteiger partial charge in [0.25, 0.3) is 0 Å². The summed E-state index contributed by atoms with van der Waals surface area (Å²) in [5.74, 6) is -0.331.